The normalized spacial score (nSPS) is 16.1. The van der Waals surface area contributed by atoms with Crippen molar-refractivity contribution in [1.82, 2.24) is 10.6 Å². The Morgan fingerprint density at radius 1 is 0.925 bits per heavy atom. The summed E-state index contributed by atoms with van der Waals surface area (Å²) in [4.78, 5) is 24.8. The highest BCUT2D eigenvalue weighted by Gasteiger charge is 2.52. The molecular formula is C24H16Cl3F9N2O2. The SMILES string of the molecule is O=C(NC1(C(=O)NCC(F)(F)F)CC1)c1ccc(C=C[C@@H](c2cc(Cl)c(Cl)c(Cl)c2)C(F)(F)F)cc1C(F)(F)F. The molecule has 2 aromatic rings. The minimum atomic E-state index is -5.16. The van der Waals surface area contributed by atoms with Crippen LogP contribution in [-0.2, 0) is 11.0 Å². The van der Waals surface area contributed by atoms with Gasteiger partial charge in [-0.25, -0.2) is 0 Å². The highest BCUT2D eigenvalue weighted by molar-refractivity contribution is 6.48. The van der Waals surface area contributed by atoms with Crippen molar-refractivity contribution in [3.8, 4) is 0 Å². The first kappa shape index (κ1) is 31.9. The Labute approximate surface area is 235 Å². The molecule has 1 saturated carbocycles. The van der Waals surface area contributed by atoms with E-state index in [0.717, 1.165) is 24.3 Å². The van der Waals surface area contributed by atoms with Gasteiger partial charge in [-0.15, -0.1) is 0 Å². The summed E-state index contributed by atoms with van der Waals surface area (Å²) in [6.45, 7) is -1.70. The Kier molecular flexibility index (Phi) is 9.03. The topological polar surface area (TPSA) is 58.2 Å². The van der Waals surface area contributed by atoms with Crippen LogP contribution in [0.3, 0.4) is 0 Å². The van der Waals surface area contributed by atoms with Crippen LogP contribution in [0.2, 0.25) is 15.1 Å². The van der Waals surface area contributed by atoms with Crippen LogP contribution >= 0.6 is 34.8 Å². The number of alkyl halides is 9. The molecule has 0 radical (unpaired) electrons. The van der Waals surface area contributed by atoms with Crippen molar-refractivity contribution in [1.29, 1.82) is 0 Å². The summed E-state index contributed by atoms with van der Waals surface area (Å²) in [5, 5.41) is 2.87. The minimum Gasteiger partial charge on any atom is -0.345 e. The third kappa shape index (κ3) is 7.76. The fraction of sp³-hybridized carbons (Fsp3) is 0.333. The molecule has 218 valence electrons. The van der Waals surface area contributed by atoms with Crippen LogP contribution in [0.25, 0.3) is 6.08 Å². The van der Waals surface area contributed by atoms with Crippen LogP contribution in [0.1, 0.15) is 45.8 Å². The number of rotatable bonds is 7. The monoisotopic (exact) mass is 640 g/mol. The van der Waals surface area contributed by atoms with E-state index in [-0.39, 0.29) is 33.5 Å². The van der Waals surface area contributed by atoms with E-state index in [2.05, 4.69) is 0 Å². The van der Waals surface area contributed by atoms with Crippen molar-refractivity contribution < 1.29 is 49.1 Å². The highest BCUT2D eigenvalue weighted by atomic mass is 35.5. The molecule has 0 unspecified atom stereocenters. The second-order valence-corrected chi connectivity index (χ2v) is 10.0. The number of halogens is 12. The molecule has 2 aromatic carbocycles. The second-order valence-electron chi connectivity index (χ2n) is 8.81. The fourth-order valence-electron chi connectivity index (χ4n) is 3.64. The van der Waals surface area contributed by atoms with Crippen molar-refractivity contribution in [3.63, 3.8) is 0 Å². The Morgan fingerprint density at radius 3 is 1.98 bits per heavy atom. The lowest BCUT2D eigenvalue weighted by atomic mass is 9.96. The number of amides is 2. The molecule has 0 aliphatic heterocycles. The summed E-state index contributed by atoms with van der Waals surface area (Å²) in [6, 6.07) is 3.85. The summed E-state index contributed by atoms with van der Waals surface area (Å²) >= 11 is 17.4. The van der Waals surface area contributed by atoms with E-state index in [1.165, 1.54) is 0 Å². The van der Waals surface area contributed by atoms with E-state index >= 15 is 0 Å². The Balaban J connectivity index is 1.90. The van der Waals surface area contributed by atoms with Crippen molar-refractivity contribution in [2.24, 2.45) is 0 Å². The molecule has 1 atom stereocenters. The second kappa shape index (κ2) is 11.3. The average Bonchev–Trinajstić information content (AvgIpc) is 3.59. The minimum absolute atomic E-state index is 0.109. The van der Waals surface area contributed by atoms with E-state index in [1.54, 1.807) is 5.32 Å². The van der Waals surface area contributed by atoms with Crippen LogP contribution in [-0.4, -0.2) is 36.3 Å². The third-order valence-electron chi connectivity index (χ3n) is 5.78. The molecular weight excluding hydrogens is 626 g/mol. The molecule has 4 nitrogen and oxygen atoms in total. The predicted octanol–water partition coefficient (Wildman–Crippen LogP) is 7.97. The standard InChI is InChI=1S/C24H16Cl3F9N2O2/c25-16-8-12(9-17(26)18(16)27)14(23(31,32)33)4-2-11-1-3-13(15(7-11)24(34,35)36)19(39)38-21(5-6-21)20(40)37-10-22(28,29)30/h1-4,7-9,14H,5-6,10H2,(H,37,40)(H,38,39)/t14-/m0/s1. The smallest absolute Gasteiger partial charge is 0.345 e. The van der Waals surface area contributed by atoms with Gasteiger partial charge in [0.25, 0.3) is 5.91 Å². The zero-order valence-electron chi connectivity index (χ0n) is 19.6. The number of hydrogen-bond donors (Lipinski definition) is 2. The van der Waals surface area contributed by atoms with Gasteiger partial charge in [0, 0.05) is 0 Å². The average molecular weight is 642 g/mol. The molecule has 1 aliphatic rings. The molecule has 0 bridgehead atoms. The van der Waals surface area contributed by atoms with Gasteiger partial charge in [-0.2, -0.15) is 39.5 Å². The van der Waals surface area contributed by atoms with Crippen molar-refractivity contribution in [3.05, 3.63) is 73.7 Å². The van der Waals surface area contributed by atoms with Crippen LogP contribution in [0.15, 0.2) is 36.4 Å². The molecule has 16 heteroatoms. The molecule has 0 heterocycles. The largest absolute Gasteiger partial charge is 0.417 e. The lowest BCUT2D eigenvalue weighted by Gasteiger charge is -2.20. The zero-order valence-corrected chi connectivity index (χ0v) is 21.9. The third-order valence-corrected chi connectivity index (χ3v) is 6.98. The van der Waals surface area contributed by atoms with Crippen molar-refractivity contribution in [2.75, 3.05) is 6.54 Å². The summed E-state index contributed by atoms with van der Waals surface area (Å²) < 4.78 is 120. The Morgan fingerprint density at radius 2 is 1.50 bits per heavy atom. The van der Waals surface area contributed by atoms with E-state index in [1.807, 2.05) is 5.32 Å². The lowest BCUT2D eigenvalue weighted by molar-refractivity contribution is -0.140. The molecule has 1 fully saturated rings. The first-order valence-corrected chi connectivity index (χ1v) is 12.1. The van der Waals surface area contributed by atoms with Gasteiger partial charge in [-0.3, -0.25) is 9.59 Å². The van der Waals surface area contributed by atoms with E-state index in [4.69, 9.17) is 34.8 Å². The fourth-order valence-corrected chi connectivity index (χ4v) is 4.25. The first-order chi connectivity index (χ1) is 18.2. The maximum absolute atomic E-state index is 13.8. The van der Waals surface area contributed by atoms with E-state index in [0.29, 0.717) is 18.2 Å². The van der Waals surface area contributed by atoms with Gasteiger partial charge in [0.15, 0.2) is 0 Å². The molecule has 3 rings (SSSR count). The van der Waals surface area contributed by atoms with Gasteiger partial charge in [0.1, 0.15) is 12.1 Å². The van der Waals surface area contributed by atoms with Gasteiger partial charge in [-0.05, 0) is 48.2 Å². The Bertz CT molecular complexity index is 1310. The van der Waals surface area contributed by atoms with Crippen LogP contribution in [0.4, 0.5) is 39.5 Å². The lowest BCUT2D eigenvalue weighted by Crippen LogP contribution is -2.51. The Hall–Kier alpha value is -2.64. The van der Waals surface area contributed by atoms with E-state index < -0.39 is 65.0 Å². The molecule has 0 spiro atoms. The maximum atomic E-state index is 13.8. The number of nitrogens with one attached hydrogen (secondary N) is 2. The first-order valence-electron chi connectivity index (χ1n) is 11.0. The molecule has 0 saturated heterocycles. The van der Waals surface area contributed by atoms with E-state index in [9.17, 15) is 49.1 Å². The number of allylic oxidation sites excluding steroid dienone is 1. The molecule has 2 amide bonds. The van der Waals surface area contributed by atoms with Gasteiger partial charge in [0.05, 0.1) is 32.1 Å². The zero-order chi connectivity index (χ0) is 30.3. The summed E-state index contributed by atoms with van der Waals surface area (Å²) in [5.41, 5.74) is -5.14. The number of benzene rings is 2. The summed E-state index contributed by atoms with van der Waals surface area (Å²) in [7, 11) is 0. The number of carbonyl (C=O) groups is 2. The quantitative estimate of drug-likeness (QED) is 0.238. The van der Waals surface area contributed by atoms with Gasteiger partial charge in [-0.1, -0.05) is 53.0 Å². The summed E-state index contributed by atoms with van der Waals surface area (Å²) in [6.07, 6.45) is -13.7. The van der Waals surface area contributed by atoms with Gasteiger partial charge >= 0.3 is 18.5 Å². The van der Waals surface area contributed by atoms with Crippen molar-refractivity contribution in [2.45, 2.75) is 42.8 Å². The van der Waals surface area contributed by atoms with Crippen molar-refractivity contribution >= 4 is 52.7 Å². The molecule has 0 aromatic heterocycles. The van der Waals surface area contributed by atoms with Crippen LogP contribution in [0, 0.1) is 0 Å². The maximum Gasteiger partial charge on any atom is 0.417 e. The number of hydrogen-bond acceptors (Lipinski definition) is 2. The summed E-state index contributed by atoms with van der Waals surface area (Å²) in [5.74, 6) is -4.96. The van der Waals surface area contributed by atoms with Gasteiger partial charge in [0.2, 0.25) is 5.91 Å². The van der Waals surface area contributed by atoms with Crippen LogP contribution in [0.5, 0.6) is 0 Å². The van der Waals surface area contributed by atoms with Gasteiger partial charge < -0.3 is 10.6 Å². The molecule has 1 aliphatic carbocycles. The molecule has 40 heavy (non-hydrogen) atoms. The van der Waals surface area contributed by atoms with Crippen LogP contribution < -0.4 is 10.6 Å². The highest BCUT2D eigenvalue weighted by Crippen LogP contribution is 2.42. The predicted molar refractivity (Wildman–Crippen MR) is 129 cm³/mol. The number of carbonyl (C=O) groups excluding carboxylic acids is 2. The molecule has 2 N–H and O–H groups in total.